The number of carbonyl (C=O) groups is 1. The molecule has 1 fully saturated rings. The smallest absolute Gasteiger partial charge is 0.303 e. The monoisotopic (exact) mass is 282 g/mol. The Balaban J connectivity index is 2.06. The van der Waals surface area contributed by atoms with Crippen LogP contribution in [0.1, 0.15) is 31.2 Å². The number of carboxylic acid groups (broad SMARTS) is 1. The molecule has 1 aliphatic carbocycles. The van der Waals surface area contributed by atoms with Crippen molar-refractivity contribution in [3.05, 3.63) is 34.3 Å². The number of carboxylic acids is 1. The SMILES string of the molecule is O=C(O)CC1(Cc2ccc(Br)cc2)CCC1. The topological polar surface area (TPSA) is 37.3 Å². The molecule has 0 saturated heterocycles. The minimum Gasteiger partial charge on any atom is -0.481 e. The molecule has 16 heavy (non-hydrogen) atoms. The van der Waals surface area contributed by atoms with Crippen LogP contribution in [0.4, 0.5) is 0 Å². The van der Waals surface area contributed by atoms with Crippen molar-refractivity contribution in [2.75, 3.05) is 0 Å². The van der Waals surface area contributed by atoms with Crippen LogP contribution in [-0.4, -0.2) is 11.1 Å². The van der Waals surface area contributed by atoms with Crippen molar-refractivity contribution >= 4 is 21.9 Å². The van der Waals surface area contributed by atoms with Gasteiger partial charge in [0.1, 0.15) is 0 Å². The van der Waals surface area contributed by atoms with Gasteiger partial charge >= 0.3 is 5.97 Å². The van der Waals surface area contributed by atoms with Gasteiger partial charge < -0.3 is 5.11 Å². The summed E-state index contributed by atoms with van der Waals surface area (Å²) in [6, 6.07) is 8.18. The zero-order chi connectivity index (χ0) is 11.6. The second kappa shape index (κ2) is 4.58. The van der Waals surface area contributed by atoms with Crippen LogP contribution < -0.4 is 0 Å². The molecule has 0 amide bonds. The molecule has 1 N–H and O–H groups in total. The second-order valence-corrected chi connectivity index (χ2v) is 5.64. The van der Waals surface area contributed by atoms with Crippen LogP contribution in [0.5, 0.6) is 0 Å². The van der Waals surface area contributed by atoms with Crippen LogP contribution in [0.2, 0.25) is 0 Å². The predicted octanol–water partition coefficient (Wildman–Crippen LogP) is 3.64. The van der Waals surface area contributed by atoms with Crippen LogP contribution in [-0.2, 0) is 11.2 Å². The van der Waals surface area contributed by atoms with Crippen molar-refractivity contribution in [2.24, 2.45) is 5.41 Å². The van der Waals surface area contributed by atoms with E-state index in [1.807, 2.05) is 12.1 Å². The molecule has 2 nitrogen and oxygen atoms in total. The van der Waals surface area contributed by atoms with E-state index in [-0.39, 0.29) is 5.41 Å². The molecule has 0 heterocycles. The van der Waals surface area contributed by atoms with E-state index >= 15 is 0 Å². The van der Waals surface area contributed by atoms with E-state index < -0.39 is 5.97 Å². The van der Waals surface area contributed by atoms with Crippen molar-refractivity contribution in [1.82, 2.24) is 0 Å². The molecule has 0 radical (unpaired) electrons. The van der Waals surface area contributed by atoms with Crippen LogP contribution in [0, 0.1) is 5.41 Å². The zero-order valence-electron chi connectivity index (χ0n) is 9.08. The lowest BCUT2D eigenvalue weighted by atomic mass is 9.63. The number of hydrogen-bond acceptors (Lipinski definition) is 1. The van der Waals surface area contributed by atoms with E-state index in [0.29, 0.717) is 6.42 Å². The maximum atomic E-state index is 10.8. The Hall–Kier alpha value is -0.830. The maximum Gasteiger partial charge on any atom is 0.303 e. The fourth-order valence-electron chi connectivity index (χ4n) is 2.45. The van der Waals surface area contributed by atoms with Gasteiger partial charge in [-0.3, -0.25) is 4.79 Å². The van der Waals surface area contributed by atoms with Crippen LogP contribution >= 0.6 is 15.9 Å². The van der Waals surface area contributed by atoms with Gasteiger partial charge in [0.05, 0.1) is 6.42 Å². The van der Waals surface area contributed by atoms with E-state index in [1.165, 1.54) is 12.0 Å². The normalized spacial score (nSPS) is 17.8. The van der Waals surface area contributed by atoms with E-state index in [2.05, 4.69) is 28.1 Å². The first kappa shape index (κ1) is 11.6. The third-order valence-corrected chi connectivity index (χ3v) is 3.96. The lowest BCUT2D eigenvalue weighted by Crippen LogP contribution is -2.34. The first-order chi connectivity index (χ1) is 7.60. The van der Waals surface area contributed by atoms with Crippen molar-refractivity contribution in [3.8, 4) is 0 Å². The summed E-state index contributed by atoms with van der Waals surface area (Å²) in [6.07, 6.45) is 4.48. The van der Waals surface area contributed by atoms with Gasteiger partial charge in [-0.1, -0.05) is 34.5 Å². The summed E-state index contributed by atoms with van der Waals surface area (Å²) in [5.74, 6) is -0.670. The number of hydrogen-bond donors (Lipinski definition) is 1. The highest BCUT2D eigenvalue weighted by atomic mass is 79.9. The predicted molar refractivity (Wildman–Crippen MR) is 66.4 cm³/mol. The summed E-state index contributed by atoms with van der Waals surface area (Å²) in [7, 11) is 0. The molecule has 1 aliphatic rings. The fraction of sp³-hybridized carbons (Fsp3) is 0.462. The van der Waals surface area contributed by atoms with E-state index in [9.17, 15) is 4.79 Å². The van der Waals surface area contributed by atoms with Crippen LogP contribution in [0.25, 0.3) is 0 Å². The van der Waals surface area contributed by atoms with Crippen molar-refractivity contribution < 1.29 is 9.90 Å². The van der Waals surface area contributed by atoms with Gasteiger partial charge in [0.15, 0.2) is 0 Å². The minimum atomic E-state index is -0.670. The fourth-order valence-corrected chi connectivity index (χ4v) is 2.71. The molecule has 1 aromatic rings. The highest BCUT2D eigenvalue weighted by Gasteiger charge is 2.38. The number of halogens is 1. The Kier molecular flexibility index (Phi) is 3.33. The van der Waals surface area contributed by atoms with E-state index in [0.717, 1.165) is 23.7 Å². The average molecular weight is 283 g/mol. The van der Waals surface area contributed by atoms with Crippen molar-refractivity contribution in [2.45, 2.75) is 32.1 Å². The third kappa shape index (κ3) is 2.64. The van der Waals surface area contributed by atoms with Crippen LogP contribution in [0.15, 0.2) is 28.7 Å². The quantitative estimate of drug-likeness (QED) is 0.916. The molecule has 3 heteroatoms. The molecule has 0 atom stereocenters. The summed E-state index contributed by atoms with van der Waals surface area (Å²) in [4.78, 5) is 10.8. The van der Waals surface area contributed by atoms with Gasteiger partial charge in [-0.05, 0) is 42.4 Å². The molecular formula is C13H15BrO2. The lowest BCUT2D eigenvalue weighted by Gasteiger charge is -2.41. The Morgan fingerprint density at radius 2 is 1.94 bits per heavy atom. The van der Waals surface area contributed by atoms with Gasteiger partial charge in [-0.2, -0.15) is 0 Å². The molecule has 0 bridgehead atoms. The van der Waals surface area contributed by atoms with Gasteiger partial charge in [-0.25, -0.2) is 0 Å². The van der Waals surface area contributed by atoms with Crippen LogP contribution in [0.3, 0.4) is 0 Å². The van der Waals surface area contributed by atoms with Crippen molar-refractivity contribution in [3.63, 3.8) is 0 Å². The average Bonchev–Trinajstić information content (AvgIpc) is 2.17. The Morgan fingerprint density at radius 3 is 2.38 bits per heavy atom. The first-order valence-corrected chi connectivity index (χ1v) is 6.35. The number of benzene rings is 1. The molecule has 1 saturated carbocycles. The number of rotatable bonds is 4. The standard InChI is InChI=1S/C13H15BrO2/c14-11-4-2-10(3-5-11)8-13(6-1-7-13)9-12(15)16/h2-5H,1,6-9H2,(H,15,16). The van der Waals surface area contributed by atoms with Gasteiger partial charge in [0.2, 0.25) is 0 Å². The summed E-state index contributed by atoms with van der Waals surface area (Å²) in [5, 5.41) is 8.93. The largest absolute Gasteiger partial charge is 0.481 e. The summed E-state index contributed by atoms with van der Waals surface area (Å²) < 4.78 is 1.07. The third-order valence-electron chi connectivity index (χ3n) is 3.43. The summed E-state index contributed by atoms with van der Waals surface area (Å²) in [5.41, 5.74) is 1.27. The van der Waals surface area contributed by atoms with E-state index in [4.69, 9.17) is 5.11 Å². The van der Waals surface area contributed by atoms with E-state index in [1.54, 1.807) is 0 Å². The van der Waals surface area contributed by atoms with Crippen molar-refractivity contribution in [1.29, 1.82) is 0 Å². The van der Waals surface area contributed by atoms with Gasteiger partial charge in [0, 0.05) is 4.47 Å². The first-order valence-electron chi connectivity index (χ1n) is 5.56. The lowest BCUT2D eigenvalue weighted by molar-refractivity contribution is -0.141. The zero-order valence-corrected chi connectivity index (χ0v) is 10.7. The maximum absolute atomic E-state index is 10.8. The number of aliphatic carboxylic acids is 1. The molecule has 0 unspecified atom stereocenters. The molecule has 1 aromatic carbocycles. The highest BCUT2D eigenvalue weighted by molar-refractivity contribution is 9.10. The molecule has 0 aliphatic heterocycles. The Labute approximate surface area is 104 Å². The Morgan fingerprint density at radius 1 is 1.31 bits per heavy atom. The van der Waals surface area contributed by atoms with Gasteiger partial charge in [-0.15, -0.1) is 0 Å². The molecule has 0 spiro atoms. The molecule has 86 valence electrons. The minimum absolute atomic E-state index is 0.0274. The summed E-state index contributed by atoms with van der Waals surface area (Å²) >= 11 is 3.40. The second-order valence-electron chi connectivity index (χ2n) is 4.73. The Bertz CT molecular complexity index is 379. The molecule has 2 rings (SSSR count). The van der Waals surface area contributed by atoms with Gasteiger partial charge in [0.25, 0.3) is 0 Å². The molecular weight excluding hydrogens is 268 g/mol. The molecule has 0 aromatic heterocycles. The summed E-state index contributed by atoms with van der Waals surface area (Å²) in [6.45, 7) is 0. The highest BCUT2D eigenvalue weighted by Crippen LogP contribution is 2.46.